The molecule has 1 aromatic rings. The molecular weight excluding hydrogens is 291 g/mol. The minimum absolute atomic E-state index is 0.0921. The van der Waals surface area contributed by atoms with E-state index >= 15 is 0 Å². The van der Waals surface area contributed by atoms with E-state index in [0.29, 0.717) is 10.6 Å². The van der Waals surface area contributed by atoms with Gasteiger partial charge in [0.15, 0.2) is 0 Å². The van der Waals surface area contributed by atoms with E-state index in [1.165, 1.54) is 18.6 Å². The molecule has 2 saturated heterocycles. The highest BCUT2D eigenvalue weighted by Gasteiger charge is 2.39. The van der Waals surface area contributed by atoms with Crippen LogP contribution < -0.4 is 5.32 Å². The zero-order valence-electron chi connectivity index (χ0n) is 12.0. The molecule has 1 aromatic carbocycles. The van der Waals surface area contributed by atoms with Crippen molar-refractivity contribution in [3.63, 3.8) is 0 Å². The van der Waals surface area contributed by atoms with E-state index in [1.807, 2.05) is 4.90 Å². The maximum absolute atomic E-state index is 13.1. The number of piperidine rings is 1. The molecule has 0 saturated carbocycles. The number of hydrogen-bond donors (Lipinski definition) is 1. The van der Waals surface area contributed by atoms with Gasteiger partial charge in [0.25, 0.3) is 0 Å². The predicted molar refractivity (Wildman–Crippen MR) is 80.8 cm³/mol. The van der Waals surface area contributed by atoms with Crippen molar-refractivity contribution in [2.45, 2.75) is 25.7 Å². The van der Waals surface area contributed by atoms with Crippen molar-refractivity contribution in [3.8, 4) is 0 Å². The molecule has 1 atom stereocenters. The van der Waals surface area contributed by atoms with E-state index in [4.69, 9.17) is 11.6 Å². The number of likely N-dealkylation sites (tertiary alicyclic amines) is 1. The van der Waals surface area contributed by atoms with Crippen LogP contribution in [0.2, 0.25) is 5.02 Å². The Morgan fingerprint density at radius 2 is 2.29 bits per heavy atom. The third kappa shape index (κ3) is 3.22. The Morgan fingerprint density at radius 1 is 1.43 bits per heavy atom. The monoisotopic (exact) mass is 310 g/mol. The van der Waals surface area contributed by atoms with Crippen molar-refractivity contribution in [1.29, 1.82) is 0 Å². The summed E-state index contributed by atoms with van der Waals surface area (Å²) in [7, 11) is 0. The molecule has 5 heteroatoms. The minimum Gasteiger partial charge on any atom is -0.342 e. The fraction of sp³-hybridized carbons (Fsp3) is 0.562. The van der Waals surface area contributed by atoms with Crippen LogP contribution in [-0.2, 0) is 11.2 Å². The van der Waals surface area contributed by atoms with Crippen LogP contribution in [0.1, 0.15) is 24.8 Å². The molecule has 0 aromatic heterocycles. The van der Waals surface area contributed by atoms with Gasteiger partial charge in [0.1, 0.15) is 5.82 Å². The molecule has 3 nitrogen and oxygen atoms in total. The normalized spacial score (nSPS) is 25.5. The fourth-order valence-corrected chi connectivity index (χ4v) is 3.74. The molecule has 1 N–H and O–H groups in total. The van der Waals surface area contributed by atoms with E-state index in [-0.39, 0.29) is 23.6 Å². The van der Waals surface area contributed by atoms with Crippen molar-refractivity contribution in [1.82, 2.24) is 10.2 Å². The highest BCUT2D eigenvalue weighted by atomic mass is 35.5. The van der Waals surface area contributed by atoms with Gasteiger partial charge in [-0.05, 0) is 43.5 Å². The quantitative estimate of drug-likeness (QED) is 0.911. The fourth-order valence-electron chi connectivity index (χ4n) is 3.50. The van der Waals surface area contributed by atoms with Gasteiger partial charge in [-0.1, -0.05) is 17.7 Å². The van der Waals surface area contributed by atoms with E-state index in [2.05, 4.69) is 5.32 Å². The first-order valence-electron chi connectivity index (χ1n) is 7.50. The van der Waals surface area contributed by atoms with Gasteiger partial charge in [0, 0.05) is 30.1 Å². The summed E-state index contributed by atoms with van der Waals surface area (Å²) >= 11 is 6.01. The van der Waals surface area contributed by atoms with E-state index < -0.39 is 0 Å². The number of hydrogen-bond acceptors (Lipinski definition) is 2. The molecule has 21 heavy (non-hydrogen) atoms. The van der Waals surface area contributed by atoms with Gasteiger partial charge in [0.05, 0.1) is 6.42 Å². The predicted octanol–water partition coefficient (Wildman–Crippen LogP) is 2.62. The number of benzene rings is 1. The number of amides is 1. The van der Waals surface area contributed by atoms with Crippen molar-refractivity contribution in [3.05, 3.63) is 34.6 Å². The summed E-state index contributed by atoms with van der Waals surface area (Å²) in [6, 6.07) is 4.22. The van der Waals surface area contributed by atoms with Crippen LogP contribution >= 0.6 is 11.6 Å². The average Bonchev–Trinajstić information content (AvgIpc) is 2.90. The standard InChI is InChI=1S/C16H20ClFN2O/c17-14-9-13(18)3-2-12(14)8-15(21)20-7-1-4-16(11-20)5-6-19-10-16/h2-3,9,19H,1,4-8,10-11H2/t16-/m1/s1. The molecule has 1 amide bonds. The zero-order valence-corrected chi connectivity index (χ0v) is 12.8. The molecule has 2 fully saturated rings. The van der Waals surface area contributed by atoms with Crippen LogP contribution in [0.5, 0.6) is 0 Å². The van der Waals surface area contributed by atoms with E-state index in [0.717, 1.165) is 39.0 Å². The summed E-state index contributed by atoms with van der Waals surface area (Å²) in [5, 5.41) is 3.74. The number of carbonyl (C=O) groups is 1. The van der Waals surface area contributed by atoms with Gasteiger partial charge < -0.3 is 10.2 Å². The van der Waals surface area contributed by atoms with Crippen molar-refractivity contribution in [2.75, 3.05) is 26.2 Å². The first-order valence-corrected chi connectivity index (χ1v) is 7.88. The maximum Gasteiger partial charge on any atom is 0.227 e. The van der Waals surface area contributed by atoms with Gasteiger partial charge in [-0.3, -0.25) is 4.79 Å². The Balaban J connectivity index is 1.67. The molecule has 2 aliphatic heterocycles. The topological polar surface area (TPSA) is 32.3 Å². The van der Waals surface area contributed by atoms with Gasteiger partial charge >= 0.3 is 0 Å². The van der Waals surface area contributed by atoms with Gasteiger partial charge in [0.2, 0.25) is 5.91 Å². The van der Waals surface area contributed by atoms with Gasteiger partial charge in [-0.2, -0.15) is 0 Å². The molecule has 2 heterocycles. The van der Waals surface area contributed by atoms with Crippen LogP contribution in [0, 0.1) is 11.2 Å². The van der Waals surface area contributed by atoms with Crippen molar-refractivity contribution < 1.29 is 9.18 Å². The molecule has 2 aliphatic rings. The molecule has 0 unspecified atom stereocenters. The lowest BCUT2D eigenvalue weighted by Crippen LogP contribution is -2.47. The molecule has 0 radical (unpaired) electrons. The largest absolute Gasteiger partial charge is 0.342 e. The lowest BCUT2D eigenvalue weighted by molar-refractivity contribution is -0.133. The molecule has 0 bridgehead atoms. The number of rotatable bonds is 2. The molecular formula is C16H20ClFN2O. The SMILES string of the molecule is O=C(Cc1ccc(F)cc1Cl)N1CCC[C@]2(CCNC2)C1. The third-order valence-corrected chi connectivity index (χ3v) is 5.05. The van der Waals surface area contributed by atoms with Crippen molar-refractivity contribution in [2.24, 2.45) is 5.41 Å². The second-order valence-corrected chi connectivity index (χ2v) is 6.67. The molecule has 1 spiro atoms. The van der Waals surface area contributed by atoms with Crippen LogP contribution in [0.3, 0.4) is 0 Å². The van der Waals surface area contributed by atoms with E-state index in [9.17, 15) is 9.18 Å². The third-order valence-electron chi connectivity index (χ3n) is 4.70. The highest BCUT2D eigenvalue weighted by molar-refractivity contribution is 6.31. The van der Waals surface area contributed by atoms with Crippen LogP contribution in [-0.4, -0.2) is 37.0 Å². The summed E-state index contributed by atoms with van der Waals surface area (Å²) in [6.07, 6.45) is 3.66. The Bertz CT molecular complexity index is 543. The minimum atomic E-state index is -0.370. The summed E-state index contributed by atoms with van der Waals surface area (Å²) < 4.78 is 13.1. The van der Waals surface area contributed by atoms with Gasteiger partial charge in [-0.15, -0.1) is 0 Å². The van der Waals surface area contributed by atoms with Crippen LogP contribution in [0.15, 0.2) is 18.2 Å². The van der Waals surface area contributed by atoms with Crippen LogP contribution in [0.4, 0.5) is 4.39 Å². The Morgan fingerprint density at radius 3 is 3.00 bits per heavy atom. The lowest BCUT2D eigenvalue weighted by atomic mass is 9.79. The summed E-state index contributed by atoms with van der Waals surface area (Å²) in [6.45, 7) is 3.71. The smallest absolute Gasteiger partial charge is 0.227 e. The summed E-state index contributed by atoms with van der Waals surface area (Å²) in [4.78, 5) is 14.5. The second kappa shape index (κ2) is 5.93. The number of halogens is 2. The number of carbonyl (C=O) groups excluding carboxylic acids is 1. The highest BCUT2D eigenvalue weighted by Crippen LogP contribution is 2.35. The second-order valence-electron chi connectivity index (χ2n) is 6.26. The lowest BCUT2D eigenvalue weighted by Gasteiger charge is -2.40. The maximum atomic E-state index is 13.1. The van der Waals surface area contributed by atoms with Gasteiger partial charge in [-0.25, -0.2) is 4.39 Å². The number of nitrogens with one attached hydrogen (secondary N) is 1. The first kappa shape index (κ1) is 14.8. The van der Waals surface area contributed by atoms with Crippen molar-refractivity contribution >= 4 is 17.5 Å². The Labute approximate surface area is 129 Å². The summed E-state index contributed by atoms with van der Waals surface area (Å²) in [5.41, 5.74) is 0.966. The molecule has 3 rings (SSSR count). The molecule has 0 aliphatic carbocycles. The van der Waals surface area contributed by atoms with Crippen LogP contribution in [0.25, 0.3) is 0 Å². The average molecular weight is 311 g/mol. The van der Waals surface area contributed by atoms with E-state index in [1.54, 1.807) is 6.07 Å². The summed E-state index contributed by atoms with van der Waals surface area (Å²) in [5.74, 6) is -0.278. The molecule has 114 valence electrons. The Kier molecular flexibility index (Phi) is 4.18. The number of nitrogens with zero attached hydrogens (tertiary/aromatic N) is 1. The Hall–Kier alpha value is -1.13. The first-order chi connectivity index (χ1) is 10.1. The zero-order chi connectivity index (χ0) is 14.9.